The van der Waals surface area contributed by atoms with Gasteiger partial charge in [-0.05, 0) is 12.1 Å². The minimum Gasteiger partial charge on any atom is -0.478 e. The number of aryl methyl sites for hydroxylation is 1. The Morgan fingerprint density at radius 2 is 2.05 bits per heavy atom. The van der Waals surface area contributed by atoms with E-state index in [4.69, 9.17) is 5.11 Å². The first-order chi connectivity index (χ1) is 9.65. The normalized spacial score (nSPS) is 10.7. The van der Waals surface area contributed by atoms with Crippen LogP contribution in [0.15, 0.2) is 42.0 Å². The van der Waals surface area contributed by atoms with E-state index in [0.717, 1.165) is 22.1 Å². The highest BCUT2D eigenvalue weighted by Gasteiger charge is 2.10. The van der Waals surface area contributed by atoms with Gasteiger partial charge in [0.2, 0.25) is 0 Å². The van der Waals surface area contributed by atoms with Crippen LogP contribution in [0, 0.1) is 0 Å². The Morgan fingerprint density at radius 3 is 2.65 bits per heavy atom. The number of carboxylic acids is 1. The number of imidazole rings is 1. The Balaban J connectivity index is 1.94. The van der Waals surface area contributed by atoms with Gasteiger partial charge in [0.15, 0.2) is 10.8 Å². The van der Waals surface area contributed by atoms with Crippen LogP contribution in [0.2, 0.25) is 0 Å². The molecule has 0 bridgehead atoms. The molecule has 1 N–H and O–H groups in total. The van der Waals surface area contributed by atoms with E-state index < -0.39 is 5.97 Å². The number of hydrogen-bond donors (Lipinski definition) is 1. The lowest BCUT2D eigenvalue weighted by molar-refractivity contribution is 0.0697. The Morgan fingerprint density at radius 1 is 1.30 bits per heavy atom. The molecule has 20 heavy (non-hydrogen) atoms. The van der Waals surface area contributed by atoms with E-state index in [1.165, 1.54) is 11.3 Å². The van der Waals surface area contributed by atoms with Crippen LogP contribution in [0.25, 0.3) is 22.1 Å². The lowest BCUT2D eigenvalue weighted by atomic mass is 10.1. The quantitative estimate of drug-likeness (QED) is 0.803. The van der Waals surface area contributed by atoms with Gasteiger partial charge >= 0.3 is 5.97 Å². The standard InChI is InChI=1S/C14H11N3O2S/c1-17-7-6-15-12(17)13-16-11(8-20-13)9-2-4-10(5-3-9)14(18)19/h2-8H,1H3,(H,18,19). The third kappa shape index (κ3) is 2.21. The minimum atomic E-state index is -0.927. The molecule has 0 aliphatic rings. The van der Waals surface area contributed by atoms with Gasteiger partial charge in [0.05, 0.1) is 11.3 Å². The van der Waals surface area contributed by atoms with E-state index in [1.54, 1.807) is 30.5 Å². The Kier molecular flexibility index (Phi) is 3.08. The predicted molar refractivity (Wildman–Crippen MR) is 76.7 cm³/mol. The molecule has 6 heteroatoms. The van der Waals surface area contributed by atoms with Crippen LogP contribution >= 0.6 is 11.3 Å². The maximum absolute atomic E-state index is 10.8. The summed E-state index contributed by atoms with van der Waals surface area (Å²) >= 11 is 1.52. The van der Waals surface area contributed by atoms with Gasteiger partial charge in [-0.2, -0.15) is 0 Å². The molecule has 0 spiro atoms. The Bertz CT molecular complexity index is 759. The van der Waals surface area contributed by atoms with Crippen molar-refractivity contribution < 1.29 is 9.90 Å². The first kappa shape index (κ1) is 12.6. The van der Waals surface area contributed by atoms with Gasteiger partial charge < -0.3 is 9.67 Å². The topological polar surface area (TPSA) is 68.0 Å². The van der Waals surface area contributed by atoms with Crippen LogP contribution in [-0.2, 0) is 7.05 Å². The van der Waals surface area contributed by atoms with E-state index in [1.807, 2.05) is 23.2 Å². The van der Waals surface area contributed by atoms with Gasteiger partial charge in [-0.1, -0.05) is 12.1 Å². The highest BCUT2D eigenvalue weighted by Crippen LogP contribution is 2.27. The summed E-state index contributed by atoms with van der Waals surface area (Å²) in [6.07, 6.45) is 3.61. The van der Waals surface area contributed by atoms with E-state index in [9.17, 15) is 4.79 Å². The van der Waals surface area contributed by atoms with Crippen LogP contribution in [-0.4, -0.2) is 25.6 Å². The zero-order chi connectivity index (χ0) is 14.1. The molecule has 0 aliphatic carbocycles. The Labute approximate surface area is 119 Å². The molecule has 2 heterocycles. The van der Waals surface area contributed by atoms with Crippen molar-refractivity contribution >= 4 is 17.3 Å². The molecular formula is C14H11N3O2S. The van der Waals surface area contributed by atoms with Gasteiger partial charge in [-0.15, -0.1) is 11.3 Å². The average Bonchev–Trinajstić information content (AvgIpc) is 3.07. The number of aromatic nitrogens is 3. The zero-order valence-corrected chi connectivity index (χ0v) is 11.5. The van der Waals surface area contributed by atoms with Gasteiger partial charge in [0.25, 0.3) is 0 Å². The van der Waals surface area contributed by atoms with E-state index in [-0.39, 0.29) is 5.56 Å². The highest BCUT2D eigenvalue weighted by atomic mass is 32.1. The van der Waals surface area contributed by atoms with Gasteiger partial charge in [0.1, 0.15) is 0 Å². The van der Waals surface area contributed by atoms with Crippen molar-refractivity contribution in [2.75, 3.05) is 0 Å². The number of rotatable bonds is 3. The fourth-order valence-corrected chi connectivity index (χ4v) is 2.73. The van der Waals surface area contributed by atoms with Crippen LogP contribution in [0.1, 0.15) is 10.4 Å². The van der Waals surface area contributed by atoms with Crippen LogP contribution in [0.3, 0.4) is 0 Å². The first-order valence-corrected chi connectivity index (χ1v) is 6.80. The third-order valence-electron chi connectivity index (χ3n) is 2.94. The van der Waals surface area contributed by atoms with Crippen molar-refractivity contribution in [1.82, 2.24) is 14.5 Å². The second kappa shape index (κ2) is 4.90. The van der Waals surface area contributed by atoms with Crippen molar-refractivity contribution in [3.63, 3.8) is 0 Å². The fourth-order valence-electron chi connectivity index (χ4n) is 1.86. The summed E-state index contributed by atoms with van der Waals surface area (Å²) in [6, 6.07) is 6.69. The number of carbonyl (C=O) groups is 1. The molecular weight excluding hydrogens is 274 g/mol. The Hall–Kier alpha value is -2.47. The summed E-state index contributed by atoms with van der Waals surface area (Å²) in [5.41, 5.74) is 1.99. The van der Waals surface area contributed by atoms with Gasteiger partial charge in [-0.25, -0.2) is 14.8 Å². The smallest absolute Gasteiger partial charge is 0.335 e. The van der Waals surface area contributed by atoms with Gasteiger partial charge in [0, 0.05) is 30.4 Å². The average molecular weight is 285 g/mol. The molecule has 3 aromatic rings. The minimum absolute atomic E-state index is 0.272. The van der Waals surface area contributed by atoms with Crippen LogP contribution in [0.4, 0.5) is 0 Å². The summed E-state index contributed by atoms with van der Waals surface area (Å²) in [5.74, 6) is -0.105. The zero-order valence-electron chi connectivity index (χ0n) is 10.6. The third-order valence-corrected chi connectivity index (χ3v) is 3.78. The van der Waals surface area contributed by atoms with Crippen LogP contribution in [0.5, 0.6) is 0 Å². The van der Waals surface area contributed by atoms with Crippen molar-refractivity contribution in [2.24, 2.45) is 7.05 Å². The van der Waals surface area contributed by atoms with E-state index in [0.29, 0.717) is 0 Å². The number of aromatic carboxylic acids is 1. The number of carboxylic acid groups (broad SMARTS) is 1. The molecule has 0 amide bonds. The molecule has 2 aromatic heterocycles. The number of thiazole rings is 1. The molecule has 0 radical (unpaired) electrons. The molecule has 0 saturated carbocycles. The molecule has 1 aromatic carbocycles. The molecule has 0 unspecified atom stereocenters. The molecule has 0 atom stereocenters. The summed E-state index contributed by atoms with van der Waals surface area (Å²) in [4.78, 5) is 19.6. The number of nitrogens with zero attached hydrogens (tertiary/aromatic N) is 3. The maximum Gasteiger partial charge on any atom is 0.335 e. The van der Waals surface area contributed by atoms with Crippen LogP contribution < -0.4 is 0 Å². The molecule has 0 fully saturated rings. The van der Waals surface area contributed by atoms with Crippen molar-refractivity contribution in [1.29, 1.82) is 0 Å². The number of hydrogen-bond acceptors (Lipinski definition) is 4. The molecule has 5 nitrogen and oxygen atoms in total. The maximum atomic E-state index is 10.8. The van der Waals surface area contributed by atoms with Gasteiger partial charge in [-0.3, -0.25) is 0 Å². The molecule has 3 rings (SSSR count). The lowest BCUT2D eigenvalue weighted by Gasteiger charge is -1.98. The lowest BCUT2D eigenvalue weighted by Crippen LogP contribution is -1.95. The number of benzene rings is 1. The monoisotopic (exact) mass is 285 g/mol. The van der Waals surface area contributed by atoms with Crippen molar-refractivity contribution in [3.05, 3.63) is 47.6 Å². The molecule has 0 saturated heterocycles. The molecule has 100 valence electrons. The fraction of sp³-hybridized carbons (Fsp3) is 0.0714. The largest absolute Gasteiger partial charge is 0.478 e. The highest BCUT2D eigenvalue weighted by molar-refractivity contribution is 7.13. The van der Waals surface area contributed by atoms with E-state index >= 15 is 0 Å². The predicted octanol–water partition coefficient (Wildman–Crippen LogP) is 2.91. The van der Waals surface area contributed by atoms with Crippen molar-refractivity contribution in [2.45, 2.75) is 0 Å². The SMILES string of the molecule is Cn1ccnc1-c1nc(-c2ccc(C(=O)O)cc2)cs1. The van der Waals surface area contributed by atoms with E-state index in [2.05, 4.69) is 9.97 Å². The first-order valence-electron chi connectivity index (χ1n) is 5.92. The second-order valence-corrected chi connectivity index (χ2v) is 5.14. The summed E-state index contributed by atoms with van der Waals surface area (Å²) in [5, 5.41) is 11.7. The summed E-state index contributed by atoms with van der Waals surface area (Å²) in [6.45, 7) is 0. The second-order valence-electron chi connectivity index (χ2n) is 4.28. The molecule has 0 aliphatic heterocycles. The van der Waals surface area contributed by atoms with Crippen molar-refractivity contribution in [3.8, 4) is 22.1 Å². The summed E-state index contributed by atoms with van der Waals surface area (Å²) in [7, 11) is 1.92. The summed E-state index contributed by atoms with van der Waals surface area (Å²) < 4.78 is 1.91.